The van der Waals surface area contributed by atoms with Gasteiger partial charge in [0.1, 0.15) is 0 Å². The van der Waals surface area contributed by atoms with Crippen LogP contribution in [0.3, 0.4) is 0 Å². The fraction of sp³-hybridized carbons (Fsp3) is 0.357. The fourth-order valence-electron chi connectivity index (χ4n) is 2.27. The first kappa shape index (κ1) is 12.8. The first-order chi connectivity index (χ1) is 9.53. The number of hydroxylamine groups is 2. The van der Waals surface area contributed by atoms with E-state index in [2.05, 4.69) is 0 Å². The van der Waals surface area contributed by atoms with E-state index in [0.29, 0.717) is 18.1 Å². The molecule has 0 aromatic heterocycles. The van der Waals surface area contributed by atoms with Crippen molar-refractivity contribution in [1.82, 2.24) is 5.06 Å². The molecule has 0 bridgehead atoms. The van der Waals surface area contributed by atoms with E-state index in [9.17, 15) is 14.4 Å². The van der Waals surface area contributed by atoms with Gasteiger partial charge in [0, 0.05) is 6.61 Å². The van der Waals surface area contributed by atoms with Gasteiger partial charge >= 0.3 is 5.97 Å². The third-order valence-corrected chi connectivity index (χ3v) is 3.64. The van der Waals surface area contributed by atoms with Crippen LogP contribution in [-0.4, -0.2) is 36.1 Å². The van der Waals surface area contributed by atoms with Crippen LogP contribution in [0.5, 0.6) is 0 Å². The van der Waals surface area contributed by atoms with Gasteiger partial charge in [-0.15, -0.1) is 0 Å². The Morgan fingerprint density at radius 2 is 1.85 bits per heavy atom. The molecule has 1 fully saturated rings. The maximum Gasteiger partial charge on any atom is 0.341 e. The Balaban J connectivity index is 1.82. The third-order valence-electron chi connectivity index (χ3n) is 3.64. The second kappa shape index (κ2) is 4.42. The van der Waals surface area contributed by atoms with E-state index in [0.717, 1.165) is 0 Å². The first-order valence-electron chi connectivity index (χ1n) is 6.31. The second-order valence-corrected chi connectivity index (χ2v) is 5.19. The molecule has 104 valence electrons. The quantitative estimate of drug-likeness (QED) is 0.757. The summed E-state index contributed by atoms with van der Waals surface area (Å²) in [4.78, 5) is 41.3. The molecule has 2 aliphatic heterocycles. The van der Waals surface area contributed by atoms with Gasteiger partial charge in [0.15, 0.2) is 0 Å². The number of fused-ring (bicyclic) bond motifs is 1. The van der Waals surface area contributed by atoms with Crippen LogP contribution in [0.4, 0.5) is 0 Å². The highest BCUT2D eigenvalue weighted by Gasteiger charge is 2.44. The maximum absolute atomic E-state index is 12.1. The second-order valence-electron chi connectivity index (χ2n) is 5.19. The lowest BCUT2D eigenvalue weighted by molar-refractivity contribution is -0.180. The van der Waals surface area contributed by atoms with Gasteiger partial charge in [-0.1, -0.05) is 17.2 Å². The average molecular weight is 275 g/mol. The molecule has 2 heterocycles. The van der Waals surface area contributed by atoms with E-state index in [1.165, 1.54) is 12.1 Å². The maximum atomic E-state index is 12.1. The van der Waals surface area contributed by atoms with Gasteiger partial charge < -0.3 is 9.57 Å². The minimum atomic E-state index is -0.810. The molecule has 6 nitrogen and oxygen atoms in total. The lowest BCUT2D eigenvalue weighted by atomic mass is 9.90. The molecule has 0 radical (unpaired) electrons. The van der Waals surface area contributed by atoms with Crippen molar-refractivity contribution in [2.24, 2.45) is 5.41 Å². The first-order valence-corrected chi connectivity index (χ1v) is 6.31. The number of amides is 2. The van der Waals surface area contributed by atoms with Crippen molar-refractivity contribution in [1.29, 1.82) is 0 Å². The van der Waals surface area contributed by atoms with Gasteiger partial charge in [0.2, 0.25) is 0 Å². The summed E-state index contributed by atoms with van der Waals surface area (Å²) in [5.41, 5.74) is -0.314. The molecule has 0 spiro atoms. The topological polar surface area (TPSA) is 72.9 Å². The Kier molecular flexibility index (Phi) is 2.83. The summed E-state index contributed by atoms with van der Waals surface area (Å²) in [6.07, 6.45) is 0.509. The van der Waals surface area contributed by atoms with Gasteiger partial charge in [0.05, 0.1) is 23.1 Å². The van der Waals surface area contributed by atoms with Crippen molar-refractivity contribution < 1.29 is 24.0 Å². The molecule has 6 heteroatoms. The normalized spacial score (nSPS) is 24.9. The van der Waals surface area contributed by atoms with E-state index in [1.54, 1.807) is 19.1 Å². The van der Waals surface area contributed by atoms with Gasteiger partial charge in [-0.25, -0.2) is 4.79 Å². The number of hydrogen-bond donors (Lipinski definition) is 0. The number of imide groups is 1. The lowest BCUT2D eigenvalue weighted by Crippen LogP contribution is -2.39. The van der Waals surface area contributed by atoms with Crippen LogP contribution >= 0.6 is 0 Å². The van der Waals surface area contributed by atoms with Crippen LogP contribution in [0, 0.1) is 5.41 Å². The van der Waals surface area contributed by atoms with Crippen LogP contribution in [0.1, 0.15) is 34.1 Å². The van der Waals surface area contributed by atoms with Gasteiger partial charge in [-0.05, 0) is 25.5 Å². The SMILES string of the molecule is C[C@@]1(C(=O)ON2C(=O)c3ccccc3C2=O)CCOC1. The number of hydrogen-bond acceptors (Lipinski definition) is 5. The average Bonchev–Trinajstić information content (AvgIpc) is 2.99. The number of rotatable bonds is 2. The smallest absolute Gasteiger partial charge is 0.341 e. The summed E-state index contributed by atoms with van der Waals surface area (Å²) in [5.74, 6) is -1.84. The zero-order valence-electron chi connectivity index (χ0n) is 10.9. The minimum Gasteiger partial charge on any atom is -0.380 e. The van der Waals surface area contributed by atoms with Gasteiger partial charge in [0.25, 0.3) is 11.8 Å². The standard InChI is InChI=1S/C14H13NO5/c1-14(6-7-19-8-14)13(18)20-15-11(16)9-4-2-3-5-10(9)12(15)17/h2-5H,6-8H2,1H3/t14-/m1/s1. The molecular weight excluding hydrogens is 262 g/mol. The molecule has 2 aliphatic rings. The van der Waals surface area contributed by atoms with E-state index in [4.69, 9.17) is 9.57 Å². The van der Waals surface area contributed by atoms with Crippen LogP contribution in [0.2, 0.25) is 0 Å². The summed E-state index contributed by atoms with van der Waals surface area (Å²) in [5, 5.41) is 0.538. The van der Waals surface area contributed by atoms with Gasteiger partial charge in [-0.2, -0.15) is 0 Å². The molecule has 1 aromatic rings. The van der Waals surface area contributed by atoms with Crippen molar-refractivity contribution in [2.45, 2.75) is 13.3 Å². The summed E-state index contributed by atoms with van der Waals surface area (Å²) in [6.45, 7) is 2.39. The number of ether oxygens (including phenoxy) is 1. The van der Waals surface area contributed by atoms with Gasteiger partial charge in [-0.3, -0.25) is 9.59 Å². The minimum absolute atomic E-state index is 0.231. The van der Waals surface area contributed by atoms with Crippen molar-refractivity contribution >= 4 is 17.8 Å². The van der Waals surface area contributed by atoms with Crippen LogP contribution in [0.15, 0.2) is 24.3 Å². The molecule has 1 atom stereocenters. The summed E-state index contributed by atoms with van der Waals surface area (Å²) < 4.78 is 5.17. The zero-order valence-corrected chi connectivity index (χ0v) is 10.9. The van der Waals surface area contributed by atoms with Crippen molar-refractivity contribution in [3.05, 3.63) is 35.4 Å². The van der Waals surface area contributed by atoms with Crippen molar-refractivity contribution in [2.75, 3.05) is 13.2 Å². The van der Waals surface area contributed by atoms with Crippen LogP contribution in [0.25, 0.3) is 0 Å². The highest BCUT2D eigenvalue weighted by Crippen LogP contribution is 2.31. The third kappa shape index (κ3) is 1.80. The Morgan fingerprint density at radius 3 is 2.35 bits per heavy atom. The van der Waals surface area contributed by atoms with E-state index >= 15 is 0 Å². The molecular formula is C14H13NO5. The van der Waals surface area contributed by atoms with E-state index in [1.807, 2.05) is 0 Å². The monoisotopic (exact) mass is 275 g/mol. The van der Waals surface area contributed by atoms with Crippen molar-refractivity contribution in [3.8, 4) is 0 Å². The van der Waals surface area contributed by atoms with Crippen LogP contribution < -0.4 is 0 Å². The molecule has 0 saturated carbocycles. The van der Waals surface area contributed by atoms with Crippen molar-refractivity contribution in [3.63, 3.8) is 0 Å². The molecule has 20 heavy (non-hydrogen) atoms. The highest BCUT2D eigenvalue weighted by atomic mass is 16.7. The number of benzene rings is 1. The zero-order chi connectivity index (χ0) is 14.3. The molecule has 3 rings (SSSR count). The number of nitrogens with zero attached hydrogens (tertiary/aromatic N) is 1. The Morgan fingerprint density at radius 1 is 1.25 bits per heavy atom. The summed E-state index contributed by atoms with van der Waals surface area (Å²) in [6, 6.07) is 6.37. The highest BCUT2D eigenvalue weighted by molar-refractivity contribution is 6.20. The molecule has 1 saturated heterocycles. The van der Waals surface area contributed by atoms with Crippen LogP contribution in [-0.2, 0) is 14.4 Å². The Labute approximate surface area is 115 Å². The molecule has 0 N–H and O–H groups in total. The van der Waals surface area contributed by atoms with E-state index in [-0.39, 0.29) is 17.7 Å². The Bertz CT molecular complexity index is 568. The molecule has 2 amide bonds. The van der Waals surface area contributed by atoms with E-state index < -0.39 is 23.2 Å². The Hall–Kier alpha value is -2.21. The number of carbonyl (C=O) groups excluding carboxylic acids is 3. The summed E-state index contributed by atoms with van der Waals surface area (Å²) in [7, 11) is 0. The predicted octanol–water partition coefficient (Wildman–Crippen LogP) is 1.17. The number of carbonyl (C=O) groups is 3. The molecule has 0 aliphatic carbocycles. The summed E-state index contributed by atoms with van der Waals surface area (Å²) >= 11 is 0. The molecule has 0 unspecified atom stereocenters. The molecule has 1 aromatic carbocycles. The largest absolute Gasteiger partial charge is 0.380 e. The predicted molar refractivity (Wildman–Crippen MR) is 66.6 cm³/mol. The fourth-order valence-corrected chi connectivity index (χ4v) is 2.27. The lowest BCUT2D eigenvalue weighted by Gasteiger charge is -2.22.